The molecule has 0 saturated carbocycles. The first-order valence-electron chi connectivity index (χ1n) is 3.64. The molecule has 1 nitrogen and oxygen atoms in total. The fraction of sp³-hybridized carbons (Fsp3) is 0.750. The molecule has 10 heavy (non-hydrogen) atoms. The molecule has 1 rings (SSSR count). The van der Waals surface area contributed by atoms with Crippen molar-refractivity contribution >= 4 is 0 Å². The molecule has 3 atom stereocenters. The predicted molar refractivity (Wildman–Crippen MR) is 40.4 cm³/mol. The summed E-state index contributed by atoms with van der Waals surface area (Å²) in [5, 5.41) is 0. The minimum Gasteiger partial charge on any atom is -0.322 e. The molecule has 0 bridgehead atoms. The number of allylic oxidation sites excluding steroid dienone is 1. The highest BCUT2D eigenvalue weighted by Crippen LogP contribution is 2.28. The average molecular weight is 143 g/mol. The van der Waals surface area contributed by atoms with Crippen LogP contribution in [0.5, 0.6) is 0 Å². The molecular weight excluding hydrogens is 129 g/mol. The maximum atomic E-state index is 13.0. The summed E-state index contributed by atoms with van der Waals surface area (Å²) in [5.41, 5.74) is 5.08. The first kappa shape index (κ1) is 7.73. The van der Waals surface area contributed by atoms with Gasteiger partial charge in [-0.1, -0.05) is 19.1 Å². The molecule has 0 heterocycles. The van der Waals surface area contributed by atoms with Crippen molar-refractivity contribution in [2.75, 3.05) is 0 Å². The molecule has 0 aromatic carbocycles. The molecule has 0 fully saturated rings. The Labute approximate surface area is 61.1 Å². The van der Waals surface area contributed by atoms with Crippen molar-refractivity contribution in [3.8, 4) is 0 Å². The Balaban J connectivity index is 2.78. The highest BCUT2D eigenvalue weighted by Gasteiger charge is 2.35. The smallest absolute Gasteiger partial charge is 0.122 e. The Morgan fingerprint density at radius 3 is 2.70 bits per heavy atom. The van der Waals surface area contributed by atoms with E-state index >= 15 is 0 Å². The van der Waals surface area contributed by atoms with Gasteiger partial charge in [0, 0.05) is 0 Å². The maximum absolute atomic E-state index is 13.0. The van der Waals surface area contributed by atoms with Crippen molar-refractivity contribution in [1.29, 1.82) is 0 Å². The number of alkyl halides is 1. The van der Waals surface area contributed by atoms with E-state index in [0.29, 0.717) is 6.42 Å². The monoisotopic (exact) mass is 143 g/mol. The van der Waals surface area contributed by atoms with Crippen LogP contribution in [0.2, 0.25) is 0 Å². The molecular formula is C8H14FN. The zero-order valence-corrected chi connectivity index (χ0v) is 6.47. The molecule has 0 aromatic rings. The van der Waals surface area contributed by atoms with Crippen LogP contribution in [-0.2, 0) is 0 Å². The van der Waals surface area contributed by atoms with E-state index in [-0.39, 0.29) is 5.92 Å². The van der Waals surface area contributed by atoms with E-state index in [1.54, 1.807) is 6.92 Å². The van der Waals surface area contributed by atoms with Crippen molar-refractivity contribution in [3.05, 3.63) is 12.2 Å². The number of hydrogen-bond donors (Lipinski definition) is 1. The van der Waals surface area contributed by atoms with Crippen LogP contribution in [0.3, 0.4) is 0 Å². The fourth-order valence-electron chi connectivity index (χ4n) is 1.15. The van der Waals surface area contributed by atoms with E-state index < -0.39 is 11.7 Å². The van der Waals surface area contributed by atoms with Gasteiger partial charge in [0.2, 0.25) is 0 Å². The number of halogens is 1. The van der Waals surface area contributed by atoms with Crippen LogP contribution < -0.4 is 5.73 Å². The lowest BCUT2D eigenvalue weighted by atomic mass is 9.79. The molecule has 3 unspecified atom stereocenters. The van der Waals surface area contributed by atoms with E-state index in [1.807, 2.05) is 19.1 Å². The summed E-state index contributed by atoms with van der Waals surface area (Å²) in [4.78, 5) is 0. The van der Waals surface area contributed by atoms with Crippen molar-refractivity contribution < 1.29 is 4.39 Å². The van der Waals surface area contributed by atoms with Gasteiger partial charge in [-0.2, -0.15) is 0 Å². The number of rotatable bonds is 0. The quantitative estimate of drug-likeness (QED) is 0.512. The lowest BCUT2D eigenvalue weighted by Crippen LogP contribution is -2.52. The van der Waals surface area contributed by atoms with Crippen molar-refractivity contribution in [2.24, 2.45) is 11.7 Å². The third kappa shape index (κ3) is 1.08. The third-order valence-electron chi connectivity index (χ3n) is 2.42. The lowest BCUT2D eigenvalue weighted by molar-refractivity contribution is 0.160. The van der Waals surface area contributed by atoms with Crippen LogP contribution >= 0.6 is 0 Å². The van der Waals surface area contributed by atoms with E-state index in [9.17, 15) is 4.39 Å². The Morgan fingerprint density at radius 2 is 2.30 bits per heavy atom. The summed E-state index contributed by atoms with van der Waals surface area (Å²) in [7, 11) is 0. The van der Waals surface area contributed by atoms with Crippen molar-refractivity contribution in [1.82, 2.24) is 0 Å². The second-order valence-electron chi connectivity index (χ2n) is 3.29. The minimum atomic E-state index is -0.882. The standard InChI is InChI=1S/C8H14FN/c1-6-4-3-5-7(9)8(6,2)10/h3-4,6-7H,5,10H2,1-2H3. The van der Waals surface area contributed by atoms with Crippen LogP contribution in [0.1, 0.15) is 20.3 Å². The molecule has 1 aliphatic carbocycles. The molecule has 2 heteroatoms. The Hall–Kier alpha value is -0.370. The van der Waals surface area contributed by atoms with Crippen molar-refractivity contribution in [3.63, 3.8) is 0 Å². The summed E-state index contributed by atoms with van der Waals surface area (Å²) >= 11 is 0. The minimum absolute atomic E-state index is 0.149. The Morgan fingerprint density at radius 1 is 1.70 bits per heavy atom. The largest absolute Gasteiger partial charge is 0.322 e. The van der Waals surface area contributed by atoms with E-state index in [1.165, 1.54) is 0 Å². The maximum Gasteiger partial charge on any atom is 0.122 e. The molecule has 0 saturated heterocycles. The topological polar surface area (TPSA) is 26.0 Å². The van der Waals surface area contributed by atoms with Gasteiger partial charge in [0.15, 0.2) is 0 Å². The molecule has 0 amide bonds. The summed E-state index contributed by atoms with van der Waals surface area (Å²) < 4.78 is 13.0. The SMILES string of the molecule is CC1C=CCC(F)C1(C)N. The number of hydrogen-bond acceptors (Lipinski definition) is 1. The van der Waals surface area contributed by atoms with Gasteiger partial charge in [0.05, 0.1) is 5.54 Å². The summed E-state index contributed by atoms with van der Waals surface area (Å²) in [6.45, 7) is 3.72. The van der Waals surface area contributed by atoms with Gasteiger partial charge in [-0.25, -0.2) is 4.39 Å². The van der Waals surface area contributed by atoms with Gasteiger partial charge in [-0.05, 0) is 19.3 Å². The highest BCUT2D eigenvalue weighted by atomic mass is 19.1. The Kier molecular flexibility index (Phi) is 1.82. The molecule has 58 valence electrons. The second kappa shape index (κ2) is 2.35. The molecule has 0 spiro atoms. The van der Waals surface area contributed by atoms with Gasteiger partial charge in [-0.15, -0.1) is 0 Å². The van der Waals surface area contributed by atoms with Crippen LogP contribution in [0.15, 0.2) is 12.2 Å². The summed E-state index contributed by atoms with van der Waals surface area (Å²) in [5.74, 6) is 0.149. The molecule has 1 aliphatic rings. The molecule has 0 aliphatic heterocycles. The molecule has 0 aromatic heterocycles. The molecule has 0 radical (unpaired) electrons. The first-order chi connectivity index (χ1) is 4.55. The van der Waals surface area contributed by atoms with Gasteiger partial charge < -0.3 is 5.73 Å². The predicted octanol–water partition coefficient (Wildman–Crippen LogP) is 1.64. The van der Waals surface area contributed by atoms with Crippen LogP contribution in [0, 0.1) is 5.92 Å². The lowest BCUT2D eigenvalue weighted by Gasteiger charge is -2.35. The first-order valence-corrected chi connectivity index (χ1v) is 3.64. The second-order valence-corrected chi connectivity index (χ2v) is 3.29. The number of nitrogens with two attached hydrogens (primary N) is 1. The normalized spacial score (nSPS) is 47.6. The van der Waals surface area contributed by atoms with Gasteiger partial charge >= 0.3 is 0 Å². The van der Waals surface area contributed by atoms with E-state index in [2.05, 4.69) is 0 Å². The zero-order chi connectivity index (χ0) is 7.78. The van der Waals surface area contributed by atoms with E-state index in [4.69, 9.17) is 5.73 Å². The molecule has 2 N–H and O–H groups in total. The zero-order valence-electron chi connectivity index (χ0n) is 6.47. The summed E-state index contributed by atoms with van der Waals surface area (Å²) in [6, 6.07) is 0. The summed E-state index contributed by atoms with van der Waals surface area (Å²) in [6.07, 6.45) is 3.43. The van der Waals surface area contributed by atoms with Crippen LogP contribution in [0.4, 0.5) is 4.39 Å². The van der Waals surface area contributed by atoms with Crippen molar-refractivity contribution in [2.45, 2.75) is 32.0 Å². The van der Waals surface area contributed by atoms with Gasteiger partial charge in [0.25, 0.3) is 0 Å². The van der Waals surface area contributed by atoms with Gasteiger partial charge in [0.1, 0.15) is 6.17 Å². The Bertz CT molecular complexity index is 151. The van der Waals surface area contributed by atoms with Crippen LogP contribution in [-0.4, -0.2) is 11.7 Å². The third-order valence-corrected chi connectivity index (χ3v) is 2.42. The highest BCUT2D eigenvalue weighted by molar-refractivity contribution is 5.08. The van der Waals surface area contributed by atoms with E-state index in [0.717, 1.165) is 0 Å². The van der Waals surface area contributed by atoms with Crippen LogP contribution in [0.25, 0.3) is 0 Å². The average Bonchev–Trinajstić information content (AvgIpc) is 1.84. The fourth-order valence-corrected chi connectivity index (χ4v) is 1.15. The van der Waals surface area contributed by atoms with Gasteiger partial charge in [-0.3, -0.25) is 0 Å².